The Morgan fingerprint density at radius 1 is 1.33 bits per heavy atom. The van der Waals surface area contributed by atoms with Gasteiger partial charge in [0.1, 0.15) is 5.82 Å². The Morgan fingerprint density at radius 3 is 2.67 bits per heavy atom. The summed E-state index contributed by atoms with van der Waals surface area (Å²) in [6.45, 7) is 1.56. The van der Waals surface area contributed by atoms with E-state index < -0.39 is 0 Å². The molecule has 3 N–H and O–H groups in total. The van der Waals surface area contributed by atoms with E-state index in [1.54, 1.807) is 6.07 Å². The molecule has 0 unspecified atom stereocenters. The summed E-state index contributed by atoms with van der Waals surface area (Å²) in [7, 11) is 3.81. The van der Waals surface area contributed by atoms with E-state index in [1.807, 2.05) is 25.1 Å². The van der Waals surface area contributed by atoms with Gasteiger partial charge in [-0.3, -0.25) is 4.79 Å². The summed E-state index contributed by atoms with van der Waals surface area (Å²) in [4.78, 5) is 14.2. The number of carbonyl (C=O) groups is 1. The molecule has 1 aromatic rings. The fraction of sp³-hybridized carbons (Fsp3) is 0.588. The van der Waals surface area contributed by atoms with Crippen molar-refractivity contribution in [2.45, 2.75) is 32.4 Å². The van der Waals surface area contributed by atoms with E-state index in [2.05, 4.69) is 5.32 Å². The Kier molecular flexibility index (Phi) is 10.5. The van der Waals surface area contributed by atoms with Crippen molar-refractivity contribution >= 4 is 30.7 Å². The van der Waals surface area contributed by atoms with Gasteiger partial charge in [-0.15, -0.1) is 24.8 Å². The van der Waals surface area contributed by atoms with Gasteiger partial charge >= 0.3 is 0 Å². The van der Waals surface area contributed by atoms with Crippen LogP contribution in [0.15, 0.2) is 18.2 Å². The number of nitrogens with two attached hydrogens (primary N) is 1. The van der Waals surface area contributed by atoms with Crippen molar-refractivity contribution in [3.8, 4) is 0 Å². The third kappa shape index (κ3) is 6.20. The first-order valence-electron chi connectivity index (χ1n) is 7.91. The minimum atomic E-state index is -0.206. The summed E-state index contributed by atoms with van der Waals surface area (Å²) in [5, 5.41) is 2.97. The summed E-state index contributed by atoms with van der Waals surface area (Å²) in [6.07, 6.45) is 3.03. The fourth-order valence-corrected chi connectivity index (χ4v) is 3.18. The number of hydrogen-bond acceptors (Lipinski definition) is 3. The third-order valence-electron chi connectivity index (χ3n) is 4.36. The summed E-state index contributed by atoms with van der Waals surface area (Å²) in [5.41, 5.74) is 7.30. The number of amides is 1. The van der Waals surface area contributed by atoms with Crippen molar-refractivity contribution in [2.75, 3.05) is 20.6 Å². The molecule has 24 heavy (non-hydrogen) atoms. The second kappa shape index (κ2) is 10.9. The molecule has 0 heterocycles. The van der Waals surface area contributed by atoms with Crippen LogP contribution in [0, 0.1) is 17.7 Å². The molecule has 1 aliphatic rings. The maximum atomic E-state index is 13.7. The van der Waals surface area contributed by atoms with Crippen LogP contribution >= 0.6 is 24.8 Å². The first-order valence-corrected chi connectivity index (χ1v) is 7.91. The molecule has 2 rings (SSSR count). The lowest BCUT2D eigenvalue weighted by Crippen LogP contribution is -2.34. The van der Waals surface area contributed by atoms with Crippen molar-refractivity contribution in [2.24, 2.45) is 17.6 Å². The highest BCUT2D eigenvalue weighted by Crippen LogP contribution is 2.31. The topological polar surface area (TPSA) is 58.4 Å². The molecule has 4 nitrogen and oxygen atoms in total. The molecule has 0 radical (unpaired) electrons. The van der Waals surface area contributed by atoms with Crippen LogP contribution in [0.2, 0.25) is 0 Å². The zero-order chi connectivity index (χ0) is 16.1. The summed E-state index contributed by atoms with van der Waals surface area (Å²) < 4.78 is 13.7. The SMILES string of the molecule is CN(C)Cc1cc(CNC(=O)[C@@H]2CCC[C@@H]2CN)ccc1F.Cl.Cl. The summed E-state index contributed by atoms with van der Waals surface area (Å²) >= 11 is 0. The van der Waals surface area contributed by atoms with E-state index in [-0.39, 0.29) is 42.5 Å². The van der Waals surface area contributed by atoms with E-state index in [4.69, 9.17) is 5.73 Å². The highest BCUT2D eigenvalue weighted by atomic mass is 35.5. The van der Waals surface area contributed by atoms with Crippen molar-refractivity contribution < 1.29 is 9.18 Å². The van der Waals surface area contributed by atoms with Crippen LogP contribution in [0.1, 0.15) is 30.4 Å². The zero-order valence-electron chi connectivity index (χ0n) is 14.3. The average molecular weight is 380 g/mol. The largest absolute Gasteiger partial charge is 0.352 e. The van der Waals surface area contributed by atoms with Crippen molar-refractivity contribution in [1.29, 1.82) is 0 Å². The van der Waals surface area contributed by atoms with E-state index in [9.17, 15) is 9.18 Å². The Balaban J connectivity index is 0.00000264. The monoisotopic (exact) mass is 379 g/mol. The van der Waals surface area contributed by atoms with Crippen molar-refractivity contribution in [1.82, 2.24) is 10.2 Å². The molecule has 138 valence electrons. The van der Waals surface area contributed by atoms with Crippen LogP contribution in [-0.2, 0) is 17.9 Å². The fourth-order valence-electron chi connectivity index (χ4n) is 3.18. The number of nitrogens with zero attached hydrogens (tertiary/aromatic N) is 1. The molecule has 0 aliphatic heterocycles. The van der Waals surface area contributed by atoms with Crippen LogP contribution in [0.4, 0.5) is 4.39 Å². The Morgan fingerprint density at radius 2 is 2.04 bits per heavy atom. The maximum Gasteiger partial charge on any atom is 0.223 e. The van der Waals surface area contributed by atoms with Gasteiger partial charge < -0.3 is 16.0 Å². The number of benzene rings is 1. The number of carbonyl (C=O) groups excluding carboxylic acids is 1. The molecule has 1 aromatic carbocycles. The Hall–Kier alpha value is -0.880. The van der Waals surface area contributed by atoms with Gasteiger partial charge in [-0.1, -0.05) is 12.5 Å². The summed E-state index contributed by atoms with van der Waals surface area (Å²) in [5.74, 6) is 0.207. The van der Waals surface area contributed by atoms with Gasteiger partial charge in [-0.2, -0.15) is 0 Å². The maximum absolute atomic E-state index is 13.7. The lowest BCUT2D eigenvalue weighted by Gasteiger charge is -2.18. The van der Waals surface area contributed by atoms with Crippen LogP contribution in [0.3, 0.4) is 0 Å². The van der Waals surface area contributed by atoms with Gasteiger partial charge in [0.25, 0.3) is 0 Å². The lowest BCUT2D eigenvalue weighted by atomic mass is 9.95. The molecule has 1 amide bonds. The first-order chi connectivity index (χ1) is 10.5. The number of nitrogens with one attached hydrogen (secondary N) is 1. The molecular formula is C17H28Cl2FN3O. The molecule has 0 saturated heterocycles. The predicted molar refractivity (Wildman–Crippen MR) is 100 cm³/mol. The molecule has 1 aliphatic carbocycles. The normalized spacial score (nSPS) is 19.5. The zero-order valence-corrected chi connectivity index (χ0v) is 15.9. The van der Waals surface area contributed by atoms with E-state index in [0.29, 0.717) is 31.1 Å². The first kappa shape index (κ1) is 23.1. The smallest absolute Gasteiger partial charge is 0.223 e. The van der Waals surface area contributed by atoms with Gasteiger partial charge in [-0.25, -0.2) is 4.39 Å². The Bertz CT molecular complexity index is 529. The highest BCUT2D eigenvalue weighted by Gasteiger charge is 2.31. The third-order valence-corrected chi connectivity index (χ3v) is 4.36. The quantitative estimate of drug-likeness (QED) is 0.798. The minimum Gasteiger partial charge on any atom is -0.352 e. The minimum absolute atomic E-state index is 0. The van der Waals surface area contributed by atoms with Gasteiger partial charge in [0.2, 0.25) is 5.91 Å². The highest BCUT2D eigenvalue weighted by molar-refractivity contribution is 5.85. The second-order valence-corrected chi connectivity index (χ2v) is 6.41. The average Bonchev–Trinajstić information content (AvgIpc) is 2.95. The molecule has 7 heteroatoms. The molecular weight excluding hydrogens is 352 g/mol. The van der Waals surface area contributed by atoms with E-state index >= 15 is 0 Å². The Labute approximate surface area is 156 Å². The van der Waals surface area contributed by atoms with E-state index in [0.717, 1.165) is 24.8 Å². The van der Waals surface area contributed by atoms with Gasteiger partial charge in [0.05, 0.1) is 0 Å². The van der Waals surface area contributed by atoms with Gasteiger partial charge in [0, 0.05) is 24.6 Å². The number of halogens is 3. The summed E-state index contributed by atoms with van der Waals surface area (Å²) in [6, 6.07) is 5.02. The lowest BCUT2D eigenvalue weighted by molar-refractivity contribution is -0.126. The molecule has 0 spiro atoms. The van der Waals surface area contributed by atoms with Gasteiger partial charge in [-0.05, 0) is 57.1 Å². The van der Waals surface area contributed by atoms with E-state index in [1.165, 1.54) is 6.07 Å². The molecule has 0 bridgehead atoms. The number of hydrogen-bond donors (Lipinski definition) is 2. The molecule has 1 saturated carbocycles. The second-order valence-electron chi connectivity index (χ2n) is 6.41. The molecule has 0 aromatic heterocycles. The predicted octanol–water partition coefficient (Wildman–Crippen LogP) is 2.72. The van der Waals surface area contributed by atoms with Crippen LogP contribution in [0.5, 0.6) is 0 Å². The van der Waals surface area contributed by atoms with Crippen LogP contribution in [0.25, 0.3) is 0 Å². The van der Waals surface area contributed by atoms with Crippen molar-refractivity contribution in [3.63, 3.8) is 0 Å². The number of rotatable bonds is 6. The van der Waals surface area contributed by atoms with Crippen LogP contribution in [-0.4, -0.2) is 31.4 Å². The van der Waals surface area contributed by atoms with Crippen molar-refractivity contribution in [3.05, 3.63) is 35.1 Å². The standard InChI is InChI=1S/C17H26FN3O.2ClH/c1-21(2)11-14-8-12(6-7-16(14)18)10-20-17(22)15-5-3-4-13(15)9-19;;/h6-8,13,15H,3-5,9-11,19H2,1-2H3,(H,20,22);2*1H/t13-,15-;;/m1../s1. The van der Waals surface area contributed by atoms with Crippen LogP contribution < -0.4 is 11.1 Å². The molecule has 2 atom stereocenters. The van der Waals surface area contributed by atoms with Gasteiger partial charge in [0.15, 0.2) is 0 Å². The molecule has 1 fully saturated rings.